The third-order valence-electron chi connectivity index (χ3n) is 4.82. The van der Waals surface area contributed by atoms with E-state index in [4.69, 9.17) is 0 Å². The Kier molecular flexibility index (Phi) is 4.00. The number of nitrogens with zero attached hydrogens (tertiary/aromatic N) is 4. The van der Waals surface area contributed by atoms with Gasteiger partial charge in [0.2, 0.25) is 0 Å². The van der Waals surface area contributed by atoms with Gasteiger partial charge < -0.3 is 14.2 Å². The highest BCUT2D eigenvalue weighted by atomic mass is 32.2. The molecule has 0 unspecified atom stereocenters. The van der Waals surface area contributed by atoms with Gasteiger partial charge in [-0.15, -0.1) is 10.2 Å². The van der Waals surface area contributed by atoms with E-state index in [0.717, 1.165) is 29.3 Å². The molecule has 2 aliphatic carbocycles. The number of hydrogen-bond donors (Lipinski definition) is 1. The predicted octanol–water partition coefficient (Wildman–Crippen LogP) is 2.83. The van der Waals surface area contributed by atoms with Crippen LogP contribution >= 0.6 is 11.8 Å². The first-order chi connectivity index (χ1) is 11.6. The molecule has 2 heterocycles. The van der Waals surface area contributed by atoms with E-state index in [0.29, 0.717) is 23.7 Å². The summed E-state index contributed by atoms with van der Waals surface area (Å²) in [6.07, 6.45) is 4.62. The van der Waals surface area contributed by atoms with E-state index in [1.807, 2.05) is 17.6 Å². The lowest BCUT2D eigenvalue weighted by molar-refractivity contribution is 0.102. The Hall–Kier alpha value is -1.60. The number of aromatic nitrogens is 4. The zero-order valence-corrected chi connectivity index (χ0v) is 14.8. The first kappa shape index (κ1) is 15.9. The largest absolute Gasteiger partial charge is 0.388 e. The summed E-state index contributed by atoms with van der Waals surface area (Å²) in [6.45, 7) is 4.01. The Labute approximate surface area is 145 Å². The Bertz CT molecular complexity index is 787. The summed E-state index contributed by atoms with van der Waals surface area (Å²) in [5.74, 6) is 1.08. The summed E-state index contributed by atoms with van der Waals surface area (Å²) in [6, 6.07) is 2.99. The number of aliphatic hydroxyl groups excluding tert-OH is 1. The van der Waals surface area contributed by atoms with Crippen molar-refractivity contribution in [3.05, 3.63) is 28.8 Å². The molecule has 2 aliphatic rings. The first-order valence-corrected chi connectivity index (χ1v) is 9.47. The van der Waals surface area contributed by atoms with Crippen LogP contribution in [-0.4, -0.2) is 36.0 Å². The molecule has 6 nitrogen and oxygen atoms in total. The minimum atomic E-state index is -0.111. The van der Waals surface area contributed by atoms with Crippen LogP contribution in [0.4, 0.5) is 0 Å². The molecule has 2 aromatic rings. The van der Waals surface area contributed by atoms with Crippen molar-refractivity contribution in [3.8, 4) is 0 Å². The molecule has 0 radical (unpaired) electrons. The van der Waals surface area contributed by atoms with Gasteiger partial charge in [-0.25, -0.2) is 0 Å². The Balaban J connectivity index is 1.49. The van der Waals surface area contributed by atoms with Crippen molar-refractivity contribution >= 4 is 17.5 Å². The summed E-state index contributed by atoms with van der Waals surface area (Å²) in [4.78, 5) is 12.7. The third kappa shape index (κ3) is 2.80. The minimum Gasteiger partial charge on any atom is -0.388 e. The summed E-state index contributed by atoms with van der Waals surface area (Å²) in [5.41, 5.74) is 3.08. The quantitative estimate of drug-likeness (QED) is 0.616. The lowest BCUT2D eigenvalue weighted by Gasteiger charge is -2.08. The average molecular weight is 346 g/mol. The molecule has 0 atom stereocenters. The average Bonchev–Trinajstić information content (AvgIpc) is 3.49. The minimum absolute atomic E-state index is 0.111. The number of aryl methyl sites for hydroxylation is 1. The maximum atomic E-state index is 12.7. The fourth-order valence-corrected chi connectivity index (χ4v) is 4.28. The topological polar surface area (TPSA) is 72.9 Å². The van der Waals surface area contributed by atoms with Gasteiger partial charge in [0.1, 0.15) is 6.61 Å². The van der Waals surface area contributed by atoms with Gasteiger partial charge in [0.05, 0.1) is 5.75 Å². The zero-order valence-electron chi connectivity index (χ0n) is 14.0. The van der Waals surface area contributed by atoms with Crippen molar-refractivity contribution in [2.24, 2.45) is 0 Å². The van der Waals surface area contributed by atoms with Crippen molar-refractivity contribution in [1.29, 1.82) is 0 Å². The second kappa shape index (κ2) is 6.04. The second-order valence-corrected chi connectivity index (χ2v) is 7.70. The fourth-order valence-electron chi connectivity index (χ4n) is 3.37. The fraction of sp³-hybridized carbons (Fsp3) is 0.588. The number of carbonyl (C=O) groups excluding carboxylic acids is 1. The van der Waals surface area contributed by atoms with Crippen molar-refractivity contribution in [1.82, 2.24) is 19.3 Å². The maximum Gasteiger partial charge on any atom is 0.191 e. The molecule has 2 aromatic heterocycles. The summed E-state index contributed by atoms with van der Waals surface area (Å²) < 4.78 is 4.29. The van der Waals surface area contributed by atoms with Crippen molar-refractivity contribution in [2.75, 3.05) is 5.75 Å². The Morgan fingerprint density at radius 1 is 1.21 bits per heavy atom. The lowest BCUT2D eigenvalue weighted by Crippen LogP contribution is -2.08. The molecule has 0 amide bonds. The molecule has 0 aromatic carbocycles. The third-order valence-corrected chi connectivity index (χ3v) is 5.76. The molecule has 0 aliphatic heterocycles. The number of carbonyl (C=O) groups is 1. The molecule has 7 heteroatoms. The van der Waals surface area contributed by atoms with Crippen molar-refractivity contribution in [3.63, 3.8) is 0 Å². The van der Waals surface area contributed by atoms with Crippen LogP contribution in [0.5, 0.6) is 0 Å². The molecular weight excluding hydrogens is 324 g/mol. The maximum absolute atomic E-state index is 12.7. The van der Waals surface area contributed by atoms with E-state index in [9.17, 15) is 9.90 Å². The number of ketones is 1. The Morgan fingerprint density at radius 3 is 2.50 bits per heavy atom. The monoisotopic (exact) mass is 346 g/mol. The van der Waals surface area contributed by atoms with E-state index in [1.54, 1.807) is 0 Å². The van der Waals surface area contributed by atoms with Crippen LogP contribution in [0.2, 0.25) is 0 Å². The van der Waals surface area contributed by atoms with Crippen LogP contribution in [-0.2, 0) is 6.61 Å². The number of aliphatic hydroxyl groups is 1. The number of rotatable bonds is 7. The highest BCUT2D eigenvalue weighted by molar-refractivity contribution is 7.99. The molecule has 4 rings (SSSR count). The van der Waals surface area contributed by atoms with E-state index in [2.05, 4.69) is 21.7 Å². The van der Waals surface area contributed by atoms with Crippen LogP contribution in [0.25, 0.3) is 0 Å². The summed E-state index contributed by atoms with van der Waals surface area (Å²) in [5, 5.41) is 18.3. The summed E-state index contributed by atoms with van der Waals surface area (Å²) in [7, 11) is 0. The van der Waals surface area contributed by atoms with Gasteiger partial charge in [0.25, 0.3) is 0 Å². The van der Waals surface area contributed by atoms with Gasteiger partial charge in [0, 0.05) is 29.0 Å². The van der Waals surface area contributed by atoms with Crippen LogP contribution in [0.1, 0.15) is 65.3 Å². The van der Waals surface area contributed by atoms with Crippen molar-refractivity contribution in [2.45, 2.75) is 63.4 Å². The molecule has 128 valence electrons. The van der Waals surface area contributed by atoms with Crippen LogP contribution < -0.4 is 0 Å². The van der Waals surface area contributed by atoms with E-state index in [-0.39, 0.29) is 12.4 Å². The predicted molar refractivity (Wildman–Crippen MR) is 91.4 cm³/mol. The first-order valence-electron chi connectivity index (χ1n) is 8.49. The van der Waals surface area contributed by atoms with E-state index in [1.165, 1.54) is 30.3 Å². The molecule has 24 heavy (non-hydrogen) atoms. The summed E-state index contributed by atoms with van der Waals surface area (Å²) >= 11 is 1.42. The molecule has 2 saturated carbocycles. The number of hydrogen-bond acceptors (Lipinski definition) is 5. The molecule has 0 saturated heterocycles. The normalized spacial score (nSPS) is 17.5. The zero-order chi connectivity index (χ0) is 16.8. The number of Topliss-reactive ketones (excluding diaryl/α,β-unsaturated/α-hetero) is 1. The smallest absolute Gasteiger partial charge is 0.191 e. The van der Waals surface area contributed by atoms with Crippen LogP contribution in [0.15, 0.2) is 11.2 Å². The van der Waals surface area contributed by atoms with Crippen molar-refractivity contribution < 1.29 is 9.90 Å². The van der Waals surface area contributed by atoms with E-state index < -0.39 is 0 Å². The van der Waals surface area contributed by atoms with Gasteiger partial charge in [-0.05, 0) is 45.6 Å². The van der Waals surface area contributed by atoms with Crippen LogP contribution in [0.3, 0.4) is 0 Å². The molecule has 0 spiro atoms. The number of thioether (sulfide) groups is 1. The molecule has 1 N–H and O–H groups in total. The van der Waals surface area contributed by atoms with Gasteiger partial charge in [-0.3, -0.25) is 4.79 Å². The lowest BCUT2D eigenvalue weighted by atomic mass is 10.2. The molecule has 0 bridgehead atoms. The highest BCUT2D eigenvalue weighted by Gasteiger charge is 2.30. The van der Waals surface area contributed by atoms with Crippen LogP contribution in [0, 0.1) is 13.8 Å². The Morgan fingerprint density at radius 2 is 1.88 bits per heavy atom. The highest BCUT2D eigenvalue weighted by Crippen LogP contribution is 2.40. The second-order valence-electron chi connectivity index (χ2n) is 6.76. The van der Waals surface area contributed by atoms with Gasteiger partial charge >= 0.3 is 0 Å². The van der Waals surface area contributed by atoms with Gasteiger partial charge in [-0.2, -0.15) is 0 Å². The van der Waals surface area contributed by atoms with Gasteiger partial charge in [0.15, 0.2) is 16.8 Å². The van der Waals surface area contributed by atoms with Gasteiger partial charge in [-0.1, -0.05) is 11.8 Å². The standard InChI is InChI=1S/C17H22N4O2S/c1-10-7-14(11(2)20(10)12-3-4-12)15(23)9-24-17-19-18-16(8-22)21(17)13-5-6-13/h7,12-13,22H,3-6,8-9H2,1-2H3. The van der Waals surface area contributed by atoms with E-state index >= 15 is 0 Å². The SMILES string of the molecule is Cc1cc(C(=O)CSc2nnc(CO)n2C2CC2)c(C)n1C1CC1. The molecular formula is C17H22N4O2S. The molecule has 2 fully saturated rings.